The van der Waals surface area contributed by atoms with Crippen LogP contribution in [-0.4, -0.2) is 0 Å². The molecule has 0 spiro atoms. The Labute approximate surface area is 267 Å². The average molecular weight is 581 g/mol. The fraction of sp³-hybridized carbons (Fsp3) is 0. The van der Waals surface area contributed by atoms with Crippen LogP contribution in [0.2, 0.25) is 0 Å². The zero-order valence-electron chi connectivity index (χ0n) is 25.2. The molecule has 0 atom stereocenters. The lowest BCUT2D eigenvalue weighted by Gasteiger charge is -2.19. The van der Waals surface area contributed by atoms with Gasteiger partial charge in [-0.3, -0.25) is 0 Å². The Balaban J connectivity index is 1.19. The highest BCUT2D eigenvalue weighted by Gasteiger charge is 2.18. The summed E-state index contributed by atoms with van der Waals surface area (Å²) in [7, 11) is 0. The Morgan fingerprint density at radius 1 is 0.217 bits per heavy atom. The van der Waals surface area contributed by atoms with Crippen molar-refractivity contribution in [2.75, 3.05) is 0 Å². The Morgan fingerprint density at radius 2 is 0.696 bits per heavy atom. The molecule has 212 valence electrons. The molecule has 0 aliphatic heterocycles. The molecule has 0 nitrogen and oxygen atoms in total. The van der Waals surface area contributed by atoms with Crippen LogP contribution in [0, 0.1) is 0 Å². The van der Waals surface area contributed by atoms with Gasteiger partial charge in [-0.1, -0.05) is 170 Å². The molecule has 46 heavy (non-hydrogen) atoms. The van der Waals surface area contributed by atoms with Gasteiger partial charge in [0.15, 0.2) is 0 Å². The minimum absolute atomic E-state index is 1.23. The molecular formula is C46H28. The lowest BCUT2D eigenvalue weighted by atomic mass is 9.84. The van der Waals surface area contributed by atoms with Crippen LogP contribution in [-0.2, 0) is 0 Å². The summed E-state index contributed by atoms with van der Waals surface area (Å²) in [6.45, 7) is 0. The average Bonchev–Trinajstić information content (AvgIpc) is 3.13. The first kappa shape index (κ1) is 25.4. The van der Waals surface area contributed by atoms with Crippen molar-refractivity contribution in [1.82, 2.24) is 0 Å². The van der Waals surface area contributed by atoms with Gasteiger partial charge in [0.05, 0.1) is 0 Å². The van der Waals surface area contributed by atoms with E-state index in [-0.39, 0.29) is 0 Å². The van der Waals surface area contributed by atoms with Crippen LogP contribution < -0.4 is 0 Å². The molecule has 0 radical (unpaired) electrons. The van der Waals surface area contributed by atoms with Crippen LogP contribution in [0.15, 0.2) is 170 Å². The highest BCUT2D eigenvalue weighted by atomic mass is 14.2. The van der Waals surface area contributed by atoms with Crippen molar-refractivity contribution in [1.29, 1.82) is 0 Å². The summed E-state index contributed by atoms with van der Waals surface area (Å²) >= 11 is 0. The molecule has 0 bridgehead atoms. The van der Waals surface area contributed by atoms with E-state index in [0.717, 1.165) is 0 Å². The van der Waals surface area contributed by atoms with Crippen molar-refractivity contribution in [2.45, 2.75) is 0 Å². The van der Waals surface area contributed by atoms with Gasteiger partial charge >= 0.3 is 0 Å². The van der Waals surface area contributed by atoms with Crippen molar-refractivity contribution in [3.63, 3.8) is 0 Å². The second-order valence-corrected chi connectivity index (χ2v) is 12.4. The van der Waals surface area contributed by atoms with E-state index in [9.17, 15) is 0 Å². The molecule has 0 amide bonds. The number of hydrogen-bond donors (Lipinski definition) is 0. The third-order valence-electron chi connectivity index (χ3n) is 10.0. The molecule has 0 N–H and O–H groups in total. The normalized spacial score (nSPS) is 11.9. The summed E-state index contributed by atoms with van der Waals surface area (Å²) < 4.78 is 0. The van der Waals surface area contributed by atoms with Gasteiger partial charge in [-0.05, 0) is 98.0 Å². The van der Waals surface area contributed by atoms with Crippen LogP contribution in [0.5, 0.6) is 0 Å². The van der Waals surface area contributed by atoms with Gasteiger partial charge in [0.2, 0.25) is 0 Å². The second kappa shape index (κ2) is 9.76. The van der Waals surface area contributed by atoms with Crippen molar-refractivity contribution >= 4 is 64.6 Å². The van der Waals surface area contributed by atoms with Gasteiger partial charge in [-0.2, -0.15) is 0 Å². The molecule has 0 saturated heterocycles. The van der Waals surface area contributed by atoms with Gasteiger partial charge in [-0.25, -0.2) is 0 Å². The molecule has 0 aliphatic rings. The summed E-state index contributed by atoms with van der Waals surface area (Å²) in [4.78, 5) is 0. The van der Waals surface area contributed by atoms with E-state index in [0.29, 0.717) is 0 Å². The SMILES string of the molecule is c1ccc2c(-c3c4ccccc4c(-c4ccc(-c5ccc6ccc7cccc8ccc5c6c78)cc4)c4ccccc34)cccc2c1. The molecule has 0 unspecified atom stereocenters. The van der Waals surface area contributed by atoms with Crippen molar-refractivity contribution in [3.8, 4) is 33.4 Å². The third kappa shape index (κ3) is 3.62. The number of hydrogen-bond acceptors (Lipinski definition) is 0. The predicted molar refractivity (Wildman–Crippen MR) is 199 cm³/mol. The van der Waals surface area contributed by atoms with Gasteiger partial charge in [0.25, 0.3) is 0 Å². The van der Waals surface area contributed by atoms with Crippen LogP contribution >= 0.6 is 0 Å². The van der Waals surface area contributed by atoms with Crippen LogP contribution in [0.25, 0.3) is 98.0 Å². The van der Waals surface area contributed by atoms with Gasteiger partial charge in [0, 0.05) is 0 Å². The first-order valence-corrected chi connectivity index (χ1v) is 16.0. The van der Waals surface area contributed by atoms with E-state index in [1.54, 1.807) is 0 Å². The predicted octanol–water partition coefficient (Wildman–Crippen LogP) is 13.0. The molecule has 0 aromatic heterocycles. The number of fused-ring (bicyclic) bond motifs is 3. The quantitative estimate of drug-likeness (QED) is 0.144. The highest BCUT2D eigenvalue weighted by molar-refractivity contribution is 6.26. The minimum Gasteiger partial charge on any atom is -0.0616 e. The number of benzene rings is 10. The van der Waals surface area contributed by atoms with Crippen LogP contribution in [0.1, 0.15) is 0 Å². The summed E-state index contributed by atoms with van der Waals surface area (Å²) in [5, 5.41) is 15.6. The molecule has 0 heterocycles. The molecule has 10 aromatic carbocycles. The smallest absolute Gasteiger partial charge is 0.00201 e. The Morgan fingerprint density at radius 3 is 1.39 bits per heavy atom. The fourth-order valence-corrected chi connectivity index (χ4v) is 7.98. The van der Waals surface area contributed by atoms with E-state index in [1.807, 2.05) is 0 Å². The Hall–Kier alpha value is -5.98. The van der Waals surface area contributed by atoms with Gasteiger partial charge in [-0.15, -0.1) is 0 Å². The van der Waals surface area contributed by atoms with Crippen molar-refractivity contribution in [3.05, 3.63) is 170 Å². The standard InChI is InChI=1S/C46H28/c1-2-13-35-29(9-1)10-8-18-37(35)46-40-16-5-3-14-38(40)44(39-15-4-6-17-41(39)46)33-21-19-30(20-22-33)36-27-25-34-24-23-31-11-7-12-32-26-28-42(36)45(34)43(31)32/h1-28H. The first-order valence-electron chi connectivity index (χ1n) is 16.0. The molecule has 0 aliphatic carbocycles. The minimum atomic E-state index is 1.23. The van der Waals surface area contributed by atoms with Gasteiger partial charge in [0.1, 0.15) is 0 Å². The topological polar surface area (TPSA) is 0 Å². The van der Waals surface area contributed by atoms with Crippen molar-refractivity contribution in [2.24, 2.45) is 0 Å². The zero-order chi connectivity index (χ0) is 30.2. The first-order chi connectivity index (χ1) is 22.8. The molecule has 0 saturated carbocycles. The summed E-state index contributed by atoms with van der Waals surface area (Å²) in [5.74, 6) is 0. The molecule has 10 rings (SSSR count). The fourth-order valence-electron chi connectivity index (χ4n) is 7.98. The molecular weight excluding hydrogens is 553 g/mol. The van der Waals surface area contributed by atoms with Crippen LogP contribution in [0.3, 0.4) is 0 Å². The summed E-state index contributed by atoms with van der Waals surface area (Å²) in [6.07, 6.45) is 0. The molecule has 0 fully saturated rings. The highest BCUT2D eigenvalue weighted by Crippen LogP contribution is 2.46. The van der Waals surface area contributed by atoms with E-state index < -0.39 is 0 Å². The number of rotatable bonds is 3. The van der Waals surface area contributed by atoms with Crippen LogP contribution in [0.4, 0.5) is 0 Å². The summed E-state index contributed by atoms with van der Waals surface area (Å²) in [6, 6.07) is 62.8. The third-order valence-corrected chi connectivity index (χ3v) is 10.0. The Kier molecular flexibility index (Phi) is 5.38. The van der Waals surface area contributed by atoms with E-state index in [2.05, 4.69) is 170 Å². The Bertz CT molecular complexity index is 2700. The summed E-state index contributed by atoms with van der Waals surface area (Å²) in [5.41, 5.74) is 7.62. The maximum Gasteiger partial charge on any atom is -0.00201 e. The maximum atomic E-state index is 2.32. The molecule has 10 aromatic rings. The lowest BCUT2D eigenvalue weighted by molar-refractivity contribution is 1.64. The second-order valence-electron chi connectivity index (χ2n) is 12.4. The zero-order valence-corrected chi connectivity index (χ0v) is 25.2. The molecule has 0 heteroatoms. The monoisotopic (exact) mass is 580 g/mol. The van der Waals surface area contributed by atoms with E-state index >= 15 is 0 Å². The largest absolute Gasteiger partial charge is 0.0616 e. The van der Waals surface area contributed by atoms with Gasteiger partial charge < -0.3 is 0 Å². The lowest BCUT2D eigenvalue weighted by Crippen LogP contribution is -1.92. The van der Waals surface area contributed by atoms with E-state index in [4.69, 9.17) is 0 Å². The van der Waals surface area contributed by atoms with E-state index in [1.165, 1.54) is 98.0 Å². The maximum absolute atomic E-state index is 2.32. The van der Waals surface area contributed by atoms with Crippen molar-refractivity contribution < 1.29 is 0 Å².